The van der Waals surface area contributed by atoms with Crippen molar-refractivity contribution in [3.05, 3.63) is 18.0 Å². The number of H-pyrrole nitrogens is 1. The van der Waals surface area contributed by atoms with E-state index in [1.165, 1.54) is 5.75 Å². The predicted octanol–water partition coefficient (Wildman–Crippen LogP) is 1.64. The fraction of sp³-hybridized carbons (Fsp3) is 0.692. The molecule has 120 valence electrons. The molecule has 0 saturated carbocycles. The van der Waals surface area contributed by atoms with Gasteiger partial charge in [0, 0.05) is 47.5 Å². The first-order valence-corrected chi connectivity index (χ1v) is 10.9. The lowest BCUT2D eigenvalue weighted by atomic mass is 10.4. The molecule has 1 aliphatic heterocycles. The van der Waals surface area contributed by atoms with Crippen LogP contribution >= 0.6 is 23.5 Å². The normalized spacial score (nSPS) is 19.8. The number of nitrogens with one attached hydrogen (secondary N) is 3. The molecule has 0 aliphatic carbocycles. The standard InChI is InChI=1S/C13H23N3O2S3/c1-2-3-14-7-11-6-13(9-15-11)21(17,18)16-8-12-10-19-4-5-20-12/h6,9,12,14-16H,2-5,7-8,10H2,1H3. The molecule has 0 aromatic carbocycles. The SMILES string of the molecule is CCCNCc1cc(S(=O)(=O)NCC2CSCCS2)c[nH]1. The maximum Gasteiger partial charge on any atom is 0.242 e. The molecular formula is C13H23N3O2S3. The van der Waals surface area contributed by atoms with E-state index in [-0.39, 0.29) is 0 Å². The monoisotopic (exact) mass is 349 g/mol. The van der Waals surface area contributed by atoms with E-state index in [0.717, 1.165) is 30.2 Å². The second-order valence-electron chi connectivity index (χ2n) is 4.96. The Balaban J connectivity index is 1.86. The number of rotatable bonds is 8. The third-order valence-electron chi connectivity index (χ3n) is 3.15. The molecule has 1 unspecified atom stereocenters. The topological polar surface area (TPSA) is 74.0 Å². The molecule has 0 radical (unpaired) electrons. The summed E-state index contributed by atoms with van der Waals surface area (Å²) in [4.78, 5) is 3.34. The Kier molecular flexibility index (Phi) is 6.94. The Morgan fingerprint density at radius 3 is 3.00 bits per heavy atom. The second-order valence-corrected chi connectivity index (χ2v) is 9.28. The highest BCUT2D eigenvalue weighted by atomic mass is 32.2. The Labute approximate surface area is 135 Å². The van der Waals surface area contributed by atoms with Crippen LogP contribution in [0.2, 0.25) is 0 Å². The molecule has 2 heterocycles. The van der Waals surface area contributed by atoms with Crippen LogP contribution in [0.5, 0.6) is 0 Å². The van der Waals surface area contributed by atoms with Crippen molar-refractivity contribution in [2.75, 3.05) is 30.3 Å². The summed E-state index contributed by atoms with van der Waals surface area (Å²) in [6.07, 6.45) is 2.62. The van der Waals surface area contributed by atoms with Crippen LogP contribution in [-0.2, 0) is 16.6 Å². The molecule has 3 N–H and O–H groups in total. The van der Waals surface area contributed by atoms with Crippen LogP contribution in [-0.4, -0.2) is 49.0 Å². The van der Waals surface area contributed by atoms with Crippen LogP contribution in [0.25, 0.3) is 0 Å². The van der Waals surface area contributed by atoms with E-state index in [1.54, 1.807) is 12.3 Å². The van der Waals surface area contributed by atoms with Gasteiger partial charge in [-0.3, -0.25) is 0 Å². The molecule has 1 saturated heterocycles. The third-order valence-corrected chi connectivity index (χ3v) is 7.40. The molecule has 1 aromatic heterocycles. The summed E-state index contributed by atoms with van der Waals surface area (Å²) in [6, 6.07) is 1.70. The molecule has 1 fully saturated rings. The highest BCUT2D eigenvalue weighted by molar-refractivity contribution is 8.06. The molecule has 0 spiro atoms. The summed E-state index contributed by atoms with van der Waals surface area (Å²) in [5, 5.41) is 3.63. The lowest BCUT2D eigenvalue weighted by molar-refractivity contribution is 0.581. The van der Waals surface area contributed by atoms with E-state index in [1.807, 2.05) is 23.5 Å². The van der Waals surface area contributed by atoms with Crippen LogP contribution in [0.1, 0.15) is 19.0 Å². The van der Waals surface area contributed by atoms with E-state index in [0.29, 0.717) is 23.2 Å². The summed E-state index contributed by atoms with van der Waals surface area (Å²) in [5.74, 6) is 3.29. The first-order chi connectivity index (χ1) is 10.1. The highest BCUT2D eigenvalue weighted by Gasteiger charge is 2.20. The van der Waals surface area contributed by atoms with Gasteiger partial charge in [0.2, 0.25) is 10.0 Å². The van der Waals surface area contributed by atoms with Crippen LogP contribution in [0, 0.1) is 0 Å². The van der Waals surface area contributed by atoms with Crippen LogP contribution in [0.4, 0.5) is 0 Å². The van der Waals surface area contributed by atoms with Gasteiger partial charge in [-0.25, -0.2) is 13.1 Å². The molecular weight excluding hydrogens is 326 g/mol. The molecule has 1 aliphatic rings. The van der Waals surface area contributed by atoms with Crippen molar-refractivity contribution in [3.63, 3.8) is 0 Å². The largest absolute Gasteiger partial charge is 0.363 e. The molecule has 8 heteroatoms. The molecule has 5 nitrogen and oxygen atoms in total. The fourth-order valence-corrected chi connectivity index (χ4v) is 5.83. The van der Waals surface area contributed by atoms with Gasteiger partial charge < -0.3 is 10.3 Å². The molecule has 2 rings (SSSR count). The number of hydrogen-bond donors (Lipinski definition) is 3. The highest BCUT2D eigenvalue weighted by Crippen LogP contribution is 2.23. The zero-order valence-electron chi connectivity index (χ0n) is 12.2. The van der Waals surface area contributed by atoms with Gasteiger partial charge in [-0.2, -0.15) is 23.5 Å². The van der Waals surface area contributed by atoms with Crippen LogP contribution < -0.4 is 10.0 Å². The zero-order valence-corrected chi connectivity index (χ0v) is 14.7. The molecule has 0 bridgehead atoms. The Hall–Kier alpha value is -0.150. The van der Waals surface area contributed by atoms with Crippen molar-refractivity contribution < 1.29 is 8.42 Å². The minimum absolute atomic E-state index is 0.323. The first-order valence-electron chi connectivity index (χ1n) is 7.19. The zero-order chi connectivity index (χ0) is 15.1. The lowest BCUT2D eigenvalue weighted by Gasteiger charge is -2.20. The quantitative estimate of drug-likeness (QED) is 0.622. The van der Waals surface area contributed by atoms with Gasteiger partial charge in [-0.05, 0) is 19.0 Å². The summed E-state index contributed by atoms with van der Waals surface area (Å²) in [5.41, 5.74) is 0.895. The maximum absolute atomic E-state index is 12.3. The molecule has 0 amide bonds. The Bertz CT molecular complexity index is 525. The van der Waals surface area contributed by atoms with Crippen molar-refractivity contribution in [1.82, 2.24) is 15.0 Å². The van der Waals surface area contributed by atoms with Crippen molar-refractivity contribution in [1.29, 1.82) is 0 Å². The van der Waals surface area contributed by atoms with Gasteiger partial charge >= 0.3 is 0 Å². The van der Waals surface area contributed by atoms with Crippen LogP contribution in [0.15, 0.2) is 17.2 Å². The van der Waals surface area contributed by atoms with Crippen molar-refractivity contribution in [3.8, 4) is 0 Å². The van der Waals surface area contributed by atoms with Gasteiger partial charge in [0.15, 0.2) is 0 Å². The summed E-state index contributed by atoms with van der Waals surface area (Å²) >= 11 is 3.75. The summed E-state index contributed by atoms with van der Waals surface area (Å²) in [7, 11) is -3.40. The maximum atomic E-state index is 12.3. The minimum atomic E-state index is -3.40. The van der Waals surface area contributed by atoms with E-state index < -0.39 is 10.0 Å². The van der Waals surface area contributed by atoms with E-state index >= 15 is 0 Å². The van der Waals surface area contributed by atoms with Crippen molar-refractivity contribution >= 4 is 33.5 Å². The number of aromatic nitrogens is 1. The number of thioether (sulfide) groups is 2. The Morgan fingerprint density at radius 1 is 1.43 bits per heavy atom. The second kappa shape index (κ2) is 8.47. The Morgan fingerprint density at radius 2 is 2.29 bits per heavy atom. The minimum Gasteiger partial charge on any atom is -0.363 e. The average Bonchev–Trinajstić information content (AvgIpc) is 2.96. The van der Waals surface area contributed by atoms with E-state index in [2.05, 4.69) is 21.9 Å². The van der Waals surface area contributed by atoms with Crippen molar-refractivity contribution in [2.45, 2.75) is 30.0 Å². The predicted molar refractivity (Wildman–Crippen MR) is 91.5 cm³/mol. The molecule has 1 aromatic rings. The molecule has 1 atom stereocenters. The average molecular weight is 350 g/mol. The van der Waals surface area contributed by atoms with Gasteiger partial charge in [-0.1, -0.05) is 6.92 Å². The fourth-order valence-electron chi connectivity index (χ4n) is 2.02. The number of sulfonamides is 1. The lowest BCUT2D eigenvalue weighted by Crippen LogP contribution is -2.33. The number of aromatic amines is 1. The molecule has 21 heavy (non-hydrogen) atoms. The number of hydrogen-bond acceptors (Lipinski definition) is 5. The van der Waals surface area contributed by atoms with Gasteiger partial charge in [-0.15, -0.1) is 0 Å². The summed E-state index contributed by atoms with van der Waals surface area (Å²) < 4.78 is 27.2. The van der Waals surface area contributed by atoms with Crippen molar-refractivity contribution in [2.24, 2.45) is 0 Å². The first kappa shape index (κ1) is 17.2. The van der Waals surface area contributed by atoms with Gasteiger partial charge in [0.05, 0.1) is 4.90 Å². The third kappa shape index (κ3) is 5.52. The van der Waals surface area contributed by atoms with E-state index in [4.69, 9.17) is 0 Å². The van der Waals surface area contributed by atoms with Gasteiger partial charge in [0.1, 0.15) is 0 Å². The smallest absolute Gasteiger partial charge is 0.242 e. The van der Waals surface area contributed by atoms with E-state index in [9.17, 15) is 8.42 Å². The van der Waals surface area contributed by atoms with Gasteiger partial charge in [0.25, 0.3) is 0 Å². The van der Waals surface area contributed by atoms with Crippen LogP contribution in [0.3, 0.4) is 0 Å². The summed E-state index contributed by atoms with van der Waals surface area (Å²) in [6.45, 7) is 4.20.